The van der Waals surface area contributed by atoms with E-state index in [1.165, 1.54) is 64.2 Å². The van der Waals surface area contributed by atoms with Crippen molar-refractivity contribution in [1.82, 2.24) is 4.31 Å². The molecule has 1 heterocycles. The molecule has 0 radical (unpaired) electrons. The lowest BCUT2D eigenvalue weighted by molar-refractivity contribution is 0.263. The molecule has 0 spiro atoms. The highest BCUT2D eigenvalue weighted by molar-refractivity contribution is 7.89. The van der Waals surface area contributed by atoms with E-state index in [4.69, 9.17) is 0 Å². The Morgan fingerprint density at radius 2 is 1.30 bits per heavy atom. The smallest absolute Gasteiger partial charge is 0.212 e. The Balaban J connectivity index is 2.46. The summed E-state index contributed by atoms with van der Waals surface area (Å²) in [4.78, 5) is 0. The molecule has 138 valence electrons. The number of hydrogen-bond donors (Lipinski definition) is 0. The number of sulfonamides is 1. The van der Waals surface area contributed by atoms with Crippen LogP contribution in [0.25, 0.3) is 0 Å². The summed E-state index contributed by atoms with van der Waals surface area (Å²) >= 11 is 0. The second-order valence-electron chi connectivity index (χ2n) is 7.19. The van der Waals surface area contributed by atoms with Gasteiger partial charge in [-0.25, -0.2) is 8.42 Å². The predicted molar refractivity (Wildman–Crippen MR) is 100 cm³/mol. The zero-order valence-electron chi connectivity index (χ0n) is 15.6. The fourth-order valence-corrected chi connectivity index (χ4v) is 5.49. The Bertz CT molecular complexity index is 367. The molecule has 1 rings (SSSR count). The first-order chi connectivity index (χ1) is 11.1. The first-order valence-electron chi connectivity index (χ1n) is 10.1. The van der Waals surface area contributed by atoms with Gasteiger partial charge in [0.15, 0.2) is 0 Å². The molecule has 0 unspecified atom stereocenters. The van der Waals surface area contributed by atoms with Crippen molar-refractivity contribution < 1.29 is 8.42 Å². The monoisotopic (exact) mass is 345 g/mol. The van der Waals surface area contributed by atoms with Crippen molar-refractivity contribution in [3.8, 4) is 0 Å². The van der Waals surface area contributed by atoms with Gasteiger partial charge in [-0.05, 0) is 25.7 Å². The van der Waals surface area contributed by atoms with Crippen LogP contribution in [-0.4, -0.2) is 31.1 Å². The van der Waals surface area contributed by atoms with E-state index in [-0.39, 0.29) is 6.04 Å². The van der Waals surface area contributed by atoms with Crippen LogP contribution in [0.4, 0.5) is 0 Å². The maximum absolute atomic E-state index is 12.4. The van der Waals surface area contributed by atoms with Crippen LogP contribution < -0.4 is 0 Å². The minimum atomic E-state index is -2.98. The lowest BCUT2D eigenvalue weighted by atomic mass is 10.00. The minimum Gasteiger partial charge on any atom is -0.212 e. The van der Waals surface area contributed by atoms with Gasteiger partial charge in [0.1, 0.15) is 0 Å². The van der Waals surface area contributed by atoms with Gasteiger partial charge in [-0.15, -0.1) is 0 Å². The molecule has 0 aromatic heterocycles. The number of rotatable bonds is 13. The molecule has 3 nitrogen and oxygen atoms in total. The molecular formula is C19H39NO2S. The van der Waals surface area contributed by atoms with Gasteiger partial charge >= 0.3 is 0 Å². The fraction of sp³-hybridized carbons (Fsp3) is 1.00. The van der Waals surface area contributed by atoms with E-state index in [2.05, 4.69) is 13.8 Å². The van der Waals surface area contributed by atoms with Gasteiger partial charge in [-0.2, -0.15) is 4.31 Å². The maximum atomic E-state index is 12.4. The normalized spacial score (nSPS) is 18.6. The summed E-state index contributed by atoms with van der Waals surface area (Å²) in [6, 6.07) is 0.267. The molecule has 23 heavy (non-hydrogen) atoms. The molecule has 0 atom stereocenters. The third-order valence-electron chi connectivity index (χ3n) is 5.08. The largest absolute Gasteiger partial charge is 0.214 e. The summed E-state index contributed by atoms with van der Waals surface area (Å²) in [6.45, 7) is 5.23. The van der Waals surface area contributed by atoms with Crippen molar-refractivity contribution in [2.45, 2.75) is 110 Å². The van der Waals surface area contributed by atoms with E-state index < -0.39 is 10.0 Å². The summed E-state index contributed by atoms with van der Waals surface area (Å²) in [7, 11) is -2.98. The van der Waals surface area contributed by atoms with Crippen LogP contribution in [0.2, 0.25) is 0 Å². The highest BCUT2D eigenvalue weighted by Gasteiger charge is 2.31. The maximum Gasteiger partial charge on any atom is 0.214 e. The lowest BCUT2D eigenvalue weighted by Gasteiger charge is -2.34. The van der Waals surface area contributed by atoms with Crippen molar-refractivity contribution in [3.05, 3.63) is 0 Å². The van der Waals surface area contributed by atoms with Crippen LogP contribution in [0.3, 0.4) is 0 Å². The van der Waals surface area contributed by atoms with E-state index in [0.717, 1.165) is 32.2 Å². The second-order valence-corrected chi connectivity index (χ2v) is 9.23. The van der Waals surface area contributed by atoms with E-state index in [1.807, 2.05) is 4.31 Å². The van der Waals surface area contributed by atoms with Crippen molar-refractivity contribution in [2.75, 3.05) is 12.3 Å². The zero-order chi connectivity index (χ0) is 17.0. The molecule has 0 amide bonds. The van der Waals surface area contributed by atoms with Crippen LogP contribution >= 0.6 is 0 Å². The Morgan fingerprint density at radius 3 is 1.78 bits per heavy atom. The Morgan fingerprint density at radius 1 is 0.783 bits per heavy atom. The number of unbranched alkanes of at least 4 members (excludes halogenated alkanes) is 8. The molecule has 0 saturated carbocycles. The molecule has 1 saturated heterocycles. The summed E-state index contributed by atoms with van der Waals surface area (Å²) in [5.74, 6) is 0.370. The molecule has 4 heteroatoms. The average Bonchev–Trinajstić information content (AvgIpc) is 2.52. The van der Waals surface area contributed by atoms with Crippen LogP contribution in [0.15, 0.2) is 0 Å². The topological polar surface area (TPSA) is 37.4 Å². The Labute approximate surface area is 145 Å². The molecular weight excluding hydrogens is 306 g/mol. The van der Waals surface area contributed by atoms with Crippen molar-refractivity contribution in [1.29, 1.82) is 0 Å². The van der Waals surface area contributed by atoms with Crippen LogP contribution in [0.1, 0.15) is 104 Å². The molecule has 0 aromatic carbocycles. The minimum absolute atomic E-state index is 0.267. The molecule has 1 aliphatic rings. The highest BCUT2D eigenvalue weighted by Crippen LogP contribution is 2.24. The van der Waals surface area contributed by atoms with Crippen LogP contribution in [0, 0.1) is 0 Å². The van der Waals surface area contributed by atoms with E-state index >= 15 is 0 Å². The quantitative estimate of drug-likeness (QED) is 0.413. The first-order valence-corrected chi connectivity index (χ1v) is 11.7. The summed E-state index contributed by atoms with van der Waals surface area (Å²) in [5.41, 5.74) is 0. The lowest BCUT2D eigenvalue weighted by Crippen LogP contribution is -2.44. The molecule has 1 aliphatic heterocycles. The SMILES string of the molecule is CCCCCCCC(CCCCCCC)N1CCCCS1(=O)=O. The van der Waals surface area contributed by atoms with Gasteiger partial charge in [-0.3, -0.25) is 0 Å². The van der Waals surface area contributed by atoms with Gasteiger partial charge in [-0.1, -0.05) is 78.1 Å². The van der Waals surface area contributed by atoms with Crippen molar-refractivity contribution in [2.24, 2.45) is 0 Å². The number of hydrogen-bond acceptors (Lipinski definition) is 2. The first kappa shape index (κ1) is 21.0. The standard InChI is InChI=1S/C19H39NO2S/c1-3-5-7-9-11-15-19(16-12-10-8-6-4-2)20-17-13-14-18-23(20,21)22/h19H,3-18H2,1-2H3. The average molecular weight is 346 g/mol. The highest BCUT2D eigenvalue weighted by atomic mass is 32.2. The molecule has 1 fully saturated rings. The number of nitrogens with zero attached hydrogens (tertiary/aromatic N) is 1. The Kier molecular flexibility index (Phi) is 11.2. The van der Waals surface area contributed by atoms with E-state index in [0.29, 0.717) is 5.75 Å². The molecule has 0 aromatic rings. The zero-order valence-corrected chi connectivity index (χ0v) is 16.4. The Hall–Kier alpha value is -0.0900. The van der Waals surface area contributed by atoms with Crippen molar-refractivity contribution >= 4 is 10.0 Å². The van der Waals surface area contributed by atoms with Crippen LogP contribution in [-0.2, 0) is 10.0 Å². The van der Waals surface area contributed by atoms with Gasteiger partial charge < -0.3 is 0 Å². The van der Waals surface area contributed by atoms with Crippen LogP contribution in [0.5, 0.6) is 0 Å². The van der Waals surface area contributed by atoms with Crippen molar-refractivity contribution in [3.63, 3.8) is 0 Å². The second kappa shape index (κ2) is 12.3. The predicted octanol–water partition coefficient (Wildman–Crippen LogP) is 5.50. The van der Waals surface area contributed by atoms with Gasteiger partial charge in [0.2, 0.25) is 10.0 Å². The third-order valence-corrected chi connectivity index (χ3v) is 7.08. The van der Waals surface area contributed by atoms with Gasteiger partial charge in [0, 0.05) is 12.6 Å². The molecule has 0 bridgehead atoms. The van der Waals surface area contributed by atoms with Gasteiger partial charge in [0.05, 0.1) is 5.75 Å². The third kappa shape index (κ3) is 8.53. The molecule has 0 aliphatic carbocycles. The van der Waals surface area contributed by atoms with E-state index in [9.17, 15) is 8.42 Å². The van der Waals surface area contributed by atoms with E-state index in [1.54, 1.807) is 0 Å². The molecule has 0 N–H and O–H groups in total. The summed E-state index contributed by atoms with van der Waals surface area (Å²) < 4.78 is 26.7. The summed E-state index contributed by atoms with van der Waals surface area (Å²) in [5, 5.41) is 0. The fourth-order valence-electron chi connectivity index (χ4n) is 3.62. The summed E-state index contributed by atoms with van der Waals surface area (Å²) in [6.07, 6.45) is 16.7. The van der Waals surface area contributed by atoms with Gasteiger partial charge in [0.25, 0.3) is 0 Å².